The standard InChI is InChI=1S/C25H19Cl2IN2O3/c1-15-3-5-16(6-4-15)14-33-24-21(28)10-17(11-23(24)32-2)9-18(13-29)25(31)30-22-12-19(26)7-8-20(22)27/h3-12H,14H2,1-2H3,(H,30,31)/b18-9+. The first-order valence-electron chi connectivity index (χ1n) is 9.74. The molecular weight excluding hydrogens is 574 g/mol. The van der Waals surface area contributed by atoms with Crippen molar-refractivity contribution >= 4 is 63.5 Å². The Labute approximate surface area is 216 Å². The molecule has 0 aromatic heterocycles. The van der Waals surface area contributed by atoms with Crippen molar-refractivity contribution in [1.82, 2.24) is 0 Å². The Hall–Kier alpha value is -2.73. The number of anilines is 1. The zero-order valence-electron chi connectivity index (χ0n) is 17.8. The zero-order chi connectivity index (χ0) is 24.0. The van der Waals surface area contributed by atoms with Crippen LogP contribution >= 0.6 is 45.8 Å². The minimum Gasteiger partial charge on any atom is -0.493 e. The molecule has 1 amide bonds. The summed E-state index contributed by atoms with van der Waals surface area (Å²) >= 11 is 14.2. The molecule has 0 heterocycles. The number of amides is 1. The highest BCUT2D eigenvalue weighted by Gasteiger charge is 2.15. The number of hydrogen-bond acceptors (Lipinski definition) is 4. The Morgan fingerprint density at radius 1 is 1.15 bits per heavy atom. The molecule has 1 N–H and O–H groups in total. The van der Waals surface area contributed by atoms with Crippen LogP contribution in [0.3, 0.4) is 0 Å². The number of nitriles is 1. The highest BCUT2D eigenvalue weighted by Crippen LogP contribution is 2.35. The van der Waals surface area contributed by atoms with Gasteiger partial charge in [-0.1, -0.05) is 53.0 Å². The quantitative estimate of drug-likeness (QED) is 0.181. The summed E-state index contributed by atoms with van der Waals surface area (Å²) in [5.74, 6) is 0.482. The molecule has 33 heavy (non-hydrogen) atoms. The number of carbonyl (C=O) groups excluding carboxylic acids is 1. The van der Waals surface area contributed by atoms with Gasteiger partial charge in [-0.25, -0.2) is 0 Å². The molecule has 0 radical (unpaired) electrons. The summed E-state index contributed by atoms with van der Waals surface area (Å²) in [7, 11) is 1.54. The van der Waals surface area contributed by atoms with E-state index >= 15 is 0 Å². The second-order valence-corrected chi connectivity index (χ2v) is 9.06. The smallest absolute Gasteiger partial charge is 0.266 e. The van der Waals surface area contributed by atoms with Gasteiger partial charge in [0.2, 0.25) is 0 Å². The van der Waals surface area contributed by atoms with Gasteiger partial charge < -0.3 is 14.8 Å². The summed E-state index contributed by atoms with van der Waals surface area (Å²) in [4.78, 5) is 12.6. The van der Waals surface area contributed by atoms with E-state index in [0.29, 0.717) is 39.4 Å². The van der Waals surface area contributed by atoms with Crippen molar-refractivity contribution in [2.45, 2.75) is 13.5 Å². The third kappa shape index (κ3) is 6.64. The molecule has 0 fully saturated rings. The van der Waals surface area contributed by atoms with Gasteiger partial charge in [0.05, 0.1) is 21.4 Å². The van der Waals surface area contributed by atoms with E-state index in [-0.39, 0.29) is 5.57 Å². The molecule has 0 spiro atoms. The highest BCUT2D eigenvalue weighted by molar-refractivity contribution is 14.1. The first-order valence-corrected chi connectivity index (χ1v) is 11.6. The number of aryl methyl sites for hydroxylation is 1. The molecule has 0 aliphatic carbocycles. The lowest BCUT2D eigenvalue weighted by molar-refractivity contribution is -0.112. The van der Waals surface area contributed by atoms with E-state index in [9.17, 15) is 10.1 Å². The first kappa shape index (κ1) is 24.9. The molecule has 0 saturated heterocycles. The summed E-state index contributed by atoms with van der Waals surface area (Å²) in [6.07, 6.45) is 1.47. The minimum absolute atomic E-state index is 0.0998. The van der Waals surface area contributed by atoms with Gasteiger partial charge in [0.1, 0.15) is 18.2 Å². The van der Waals surface area contributed by atoms with Crippen LogP contribution in [0.4, 0.5) is 5.69 Å². The summed E-state index contributed by atoms with van der Waals surface area (Å²) in [6, 6.07) is 18.2. The summed E-state index contributed by atoms with van der Waals surface area (Å²) in [5.41, 5.74) is 3.05. The van der Waals surface area contributed by atoms with E-state index in [4.69, 9.17) is 32.7 Å². The van der Waals surface area contributed by atoms with Crippen molar-refractivity contribution in [3.63, 3.8) is 0 Å². The van der Waals surface area contributed by atoms with Crippen LogP contribution in [-0.4, -0.2) is 13.0 Å². The third-order valence-corrected chi connectivity index (χ3v) is 5.97. The summed E-state index contributed by atoms with van der Waals surface area (Å²) < 4.78 is 12.3. The SMILES string of the molecule is COc1cc(/C=C(\C#N)C(=O)Nc2cc(Cl)ccc2Cl)cc(I)c1OCc1ccc(C)cc1. The maximum atomic E-state index is 12.6. The number of rotatable bonds is 7. The monoisotopic (exact) mass is 592 g/mol. The second kappa shape index (κ2) is 11.4. The number of benzene rings is 3. The number of hydrogen-bond donors (Lipinski definition) is 1. The molecule has 0 atom stereocenters. The molecule has 8 heteroatoms. The summed E-state index contributed by atoms with van der Waals surface area (Å²) in [6.45, 7) is 2.41. The molecule has 0 aliphatic heterocycles. The number of nitrogens with one attached hydrogen (secondary N) is 1. The minimum atomic E-state index is -0.602. The highest BCUT2D eigenvalue weighted by atomic mass is 127. The van der Waals surface area contributed by atoms with Gasteiger partial charge in [-0.15, -0.1) is 0 Å². The lowest BCUT2D eigenvalue weighted by Crippen LogP contribution is -2.13. The molecule has 3 aromatic rings. The van der Waals surface area contributed by atoms with Crippen molar-refractivity contribution in [3.05, 3.63) is 90.5 Å². The van der Waals surface area contributed by atoms with E-state index in [1.807, 2.05) is 43.3 Å². The van der Waals surface area contributed by atoms with Crippen molar-refractivity contribution in [2.24, 2.45) is 0 Å². The Kier molecular flexibility index (Phi) is 8.61. The fourth-order valence-electron chi connectivity index (χ4n) is 2.90. The third-order valence-electron chi connectivity index (χ3n) is 4.61. The van der Waals surface area contributed by atoms with Crippen molar-refractivity contribution in [2.75, 3.05) is 12.4 Å². The number of ether oxygens (including phenoxy) is 2. The number of methoxy groups -OCH3 is 1. The van der Waals surface area contributed by atoms with Crippen molar-refractivity contribution in [1.29, 1.82) is 5.26 Å². The van der Waals surface area contributed by atoms with E-state index in [1.165, 1.54) is 24.8 Å². The van der Waals surface area contributed by atoms with Gasteiger partial charge >= 0.3 is 0 Å². The van der Waals surface area contributed by atoms with Crippen LogP contribution in [0.25, 0.3) is 6.08 Å². The Morgan fingerprint density at radius 3 is 2.55 bits per heavy atom. The Morgan fingerprint density at radius 2 is 1.88 bits per heavy atom. The van der Waals surface area contributed by atoms with Gasteiger partial charge in [0.15, 0.2) is 11.5 Å². The lowest BCUT2D eigenvalue weighted by atomic mass is 10.1. The van der Waals surface area contributed by atoms with Gasteiger partial charge in [-0.2, -0.15) is 5.26 Å². The molecule has 3 aromatic carbocycles. The van der Waals surface area contributed by atoms with Crippen LogP contribution in [-0.2, 0) is 11.4 Å². The topological polar surface area (TPSA) is 71.3 Å². The van der Waals surface area contributed by atoms with Gasteiger partial charge in [0, 0.05) is 5.02 Å². The number of halogens is 3. The predicted octanol–water partition coefficient (Wildman–Crippen LogP) is 7.04. The van der Waals surface area contributed by atoms with E-state index in [1.54, 1.807) is 18.2 Å². The van der Waals surface area contributed by atoms with Crippen LogP contribution < -0.4 is 14.8 Å². The molecule has 0 unspecified atom stereocenters. The molecule has 168 valence electrons. The van der Waals surface area contributed by atoms with Crippen LogP contribution in [0.5, 0.6) is 11.5 Å². The van der Waals surface area contributed by atoms with Crippen molar-refractivity contribution < 1.29 is 14.3 Å². The lowest BCUT2D eigenvalue weighted by Gasteiger charge is -2.14. The average molecular weight is 593 g/mol. The normalized spacial score (nSPS) is 11.0. The van der Waals surface area contributed by atoms with Gasteiger partial charge in [0.25, 0.3) is 5.91 Å². The second-order valence-electron chi connectivity index (χ2n) is 7.06. The number of nitrogens with zero attached hydrogens (tertiary/aromatic N) is 1. The van der Waals surface area contributed by atoms with Crippen LogP contribution in [0.1, 0.15) is 16.7 Å². The van der Waals surface area contributed by atoms with E-state index in [2.05, 4.69) is 27.9 Å². The maximum Gasteiger partial charge on any atom is 0.266 e. The number of carbonyl (C=O) groups is 1. The van der Waals surface area contributed by atoms with Gasteiger partial charge in [-0.3, -0.25) is 4.79 Å². The fourth-order valence-corrected chi connectivity index (χ4v) is 4.02. The van der Waals surface area contributed by atoms with E-state index < -0.39 is 5.91 Å². The molecule has 0 bridgehead atoms. The molecule has 0 aliphatic rings. The average Bonchev–Trinajstić information content (AvgIpc) is 2.79. The fraction of sp³-hybridized carbons (Fsp3) is 0.120. The van der Waals surface area contributed by atoms with Crippen LogP contribution in [0, 0.1) is 21.8 Å². The Balaban J connectivity index is 1.83. The molecule has 0 saturated carbocycles. The van der Waals surface area contributed by atoms with Crippen LogP contribution in [0.15, 0.2) is 60.2 Å². The molecule has 3 rings (SSSR count). The van der Waals surface area contributed by atoms with Crippen LogP contribution in [0.2, 0.25) is 10.0 Å². The maximum absolute atomic E-state index is 12.6. The zero-order valence-corrected chi connectivity index (χ0v) is 21.5. The summed E-state index contributed by atoms with van der Waals surface area (Å²) in [5, 5.41) is 12.9. The molecular formula is C25H19Cl2IN2O3. The Bertz CT molecular complexity index is 1250. The van der Waals surface area contributed by atoms with Crippen molar-refractivity contribution in [3.8, 4) is 17.6 Å². The van der Waals surface area contributed by atoms with E-state index in [0.717, 1.165) is 9.13 Å². The molecule has 5 nitrogen and oxygen atoms in total. The largest absolute Gasteiger partial charge is 0.493 e. The predicted molar refractivity (Wildman–Crippen MR) is 140 cm³/mol. The van der Waals surface area contributed by atoms with Gasteiger partial charge in [-0.05, 0) is 77.0 Å². The first-order chi connectivity index (χ1) is 15.8.